The van der Waals surface area contributed by atoms with Gasteiger partial charge in [0.05, 0.1) is 38.1 Å². The molecule has 0 radical (unpaired) electrons. The van der Waals surface area contributed by atoms with Crippen molar-refractivity contribution in [2.75, 3.05) is 25.1 Å². The first-order chi connectivity index (χ1) is 15.8. The van der Waals surface area contributed by atoms with E-state index in [1.165, 1.54) is 18.3 Å². The zero-order chi connectivity index (χ0) is 26.3. The second kappa shape index (κ2) is 15.1. The fraction of sp³-hybridized carbons (Fsp3) is 0.500. The lowest BCUT2D eigenvalue weighted by atomic mass is 10.1. The predicted octanol–water partition coefficient (Wildman–Crippen LogP) is 2.25. The third-order valence-corrected chi connectivity index (χ3v) is 3.24. The number of Topliss-reactive ketones (excluding diaryl/α,β-unsaturated/α-hetero) is 2. The van der Waals surface area contributed by atoms with E-state index in [0.29, 0.717) is 5.69 Å². The van der Waals surface area contributed by atoms with E-state index < -0.39 is 47.6 Å². The van der Waals surface area contributed by atoms with Gasteiger partial charge in [0.2, 0.25) is 5.78 Å². The van der Waals surface area contributed by atoms with Crippen LogP contribution in [0.3, 0.4) is 0 Å². The number of anilines is 1. The molecule has 188 valence electrons. The van der Waals surface area contributed by atoms with Gasteiger partial charge in [0.1, 0.15) is 11.3 Å². The van der Waals surface area contributed by atoms with Crippen LogP contribution < -0.4 is 5.32 Å². The summed E-state index contributed by atoms with van der Waals surface area (Å²) in [5.41, 5.74) is -0.305. The molecule has 1 aromatic heterocycles. The van der Waals surface area contributed by atoms with Crippen LogP contribution in [0.25, 0.3) is 0 Å². The molecule has 0 saturated carbocycles. The molecule has 1 rings (SSSR count). The molecule has 12 nitrogen and oxygen atoms in total. The lowest BCUT2D eigenvalue weighted by Crippen LogP contribution is -2.27. The minimum absolute atomic E-state index is 0.00221. The van der Waals surface area contributed by atoms with Crippen molar-refractivity contribution in [3.63, 3.8) is 0 Å². The van der Waals surface area contributed by atoms with Crippen LogP contribution >= 0.6 is 0 Å². The molecular weight excluding hydrogens is 452 g/mol. The highest BCUT2D eigenvalue weighted by atomic mass is 16.6. The van der Waals surface area contributed by atoms with Crippen LogP contribution in [0.2, 0.25) is 0 Å². The summed E-state index contributed by atoms with van der Waals surface area (Å²) in [7, 11) is 0. The Morgan fingerprint density at radius 2 is 1.32 bits per heavy atom. The van der Waals surface area contributed by atoms with Crippen molar-refractivity contribution in [3.05, 3.63) is 24.0 Å². The third kappa shape index (κ3) is 12.9. The summed E-state index contributed by atoms with van der Waals surface area (Å²) in [6, 6.07) is 2.78. The number of ether oxygens (including phenoxy) is 4. The summed E-state index contributed by atoms with van der Waals surface area (Å²) in [5.74, 6) is -4.45. The molecular formula is C22H30N2O10. The summed E-state index contributed by atoms with van der Waals surface area (Å²) < 4.78 is 18.3. The number of amides is 1. The van der Waals surface area contributed by atoms with Crippen LogP contribution in [0.5, 0.6) is 0 Å². The summed E-state index contributed by atoms with van der Waals surface area (Å²) >= 11 is 0. The van der Waals surface area contributed by atoms with Crippen molar-refractivity contribution >= 4 is 41.3 Å². The molecule has 0 aliphatic carbocycles. The zero-order valence-electron chi connectivity index (χ0n) is 20.1. The summed E-state index contributed by atoms with van der Waals surface area (Å²) in [6.45, 7) is 10.4. The van der Waals surface area contributed by atoms with Gasteiger partial charge in [-0.15, -0.1) is 0 Å². The average molecular weight is 482 g/mol. The number of pyridine rings is 1. The second-order valence-corrected chi connectivity index (χ2v) is 7.24. The molecule has 1 amide bonds. The van der Waals surface area contributed by atoms with Gasteiger partial charge in [-0.05, 0) is 53.7 Å². The van der Waals surface area contributed by atoms with E-state index in [9.17, 15) is 28.8 Å². The average Bonchev–Trinajstić information content (AvgIpc) is 2.73. The predicted molar refractivity (Wildman–Crippen MR) is 118 cm³/mol. The van der Waals surface area contributed by atoms with Gasteiger partial charge >= 0.3 is 24.0 Å². The molecule has 12 heteroatoms. The van der Waals surface area contributed by atoms with Crippen molar-refractivity contribution in [2.45, 2.75) is 53.6 Å². The fourth-order valence-corrected chi connectivity index (χ4v) is 1.95. The summed E-state index contributed by atoms with van der Waals surface area (Å²) in [5, 5.41) is 2.46. The lowest BCUT2D eigenvalue weighted by Gasteiger charge is -2.19. The quantitative estimate of drug-likeness (QED) is 0.190. The second-order valence-electron chi connectivity index (χ2n) is 7.24. The van der Waals surface area contributed by atoms with Gasteiger partial charge in [-0.1, -0.05) is 0 Å². The standard InChI is InChI=1S/C16H20N2O6.C6H10O4/c1-5-23-14(21)13(20)8-12(19)11-7-6-10(9-17-11)18-15(22)24-16(2,3)4;1-3-9-5(7)6(8)10-4-2/h6-7,9H,5,8H2,1-4H3,(H,18,22);3-4H2,1-2H3. The topological polar surface area (TPSA) is 164 Å². The molecule has 0 bridgehead atoms. The number of rotatable bonds is 8. The smallest absolute Gasteiger partial charge is 0.417 e. The molecule has 1 aromatic rings. The Morgan fingerprint density at radius 3 is 1.74 bits per heavy atom. The molecule has 0 saturated heterocycles. The number of hydrogen-bond donors (Lipinski definition) is 1. The largest absolute Gasteiger partial charge is 0.460 e. The molecule has 34 heavy (non-hydrogen) atoms. The van der Waals surface area contributed by atoms with Crippen LogP contribution in [0.15, 0.2) is 18.3 Å². The first-order valence-electron chi connectivity index (χ1n) is 10.4. The van der Waals surface area contributed by atoms with E-state index in [-0.39, 0.29) is 25.5 Å². The number of nitrogens with one attached hydrogen (secondary N) is 1. The van der Waals surface area contributed by atoms with E-state index in [2.05, 4.69) is 24.5 Å². The minimum Gasteiger partial charge on any atom is -0.460 e. The van der Waals surface area contributed by atoms with Gasteiger partial charge in [-0.3, -0.25) is 19.9 Å². The SMILES string of the molecule is CCOC(=O)C(=O)CC(=O)c1ccc(NC(=O)OC(C)(C)C)cn1.CCOC(=O)C(=O)OCC. The lowest BCUT2D eigenvalue weighted by molar-refractivity contribution is -0.167. The molecule has 0 aliphatic rings. The van der Waals surface area contributed by atoms with Gasteiger partial charge in [-0.2, -0.15) is 0 Å². The van der Waals surface area contributed by atoms with Gasteiger partial charge in [0.25, 0.3) is 0 Å². The molecule has 0 aliphatic heterocycles. The molecule has 0 spiro atoms. The van der Waals surface area contributed by atoms with Crippen molar-refractivity contribution in [2.24, 2.45) is 0 Å². The maximum atomic E-state index is 11.9. The number of esters is 3. The number of aromatic nitrogens is 1. The van der Waals surface area contributed by atoms with Crippen LogP contribution in [0.1, 0.15) is 58.5 Å². The van der Waals surface area contributed by atoms with E-state index in [1.54, 1.807) is 41.5 Å². The Labute approximate surface area is 197 Å². The highest BCUT2D eigenvalue weighted by Crippen LogP contribution is 2.12. The van der Waals surface area contributed by atoms with Crippen LogP contribution in [0.4, 0.5) is 10.5 Å². The normalized spacial score (nSPS) is 10.1. The fourth-order valence-electron chi connectivity index (χ4n) is 1.95. The van der Waals surface area contributed by atoms with Crippen molar-refractivity contribution in [3.8, 4) is 0 Å². The van der Waals surface area contributed by atoms with E-state index >= 15 is 0 Å². The Bertz CT molecular complexity index is 857. The monoisotopic (exact) mass is 482 g/mol. The molecule has 1 heterocycles. The first-order valence-corrected chi connectivity index (χ1v) is 10.4. The van der Waals surface area contributed by atoms with E-state index in [1.807, 2.05) is 0 Å². The third-order valence-electron chi connectivity index (χ3n) is 3.24. The van der Waals surface area contributed by atoms with Crippen LogP contribution in [0, 0.1) is 0 Å². The van der Waals surface area contributed by atoms with Crippen molar-refractivity contribution in [1.82, 2.24) is 4.98 Å². The van der Waals surface area contributed by atoms with Gasteiger partial charge in [-0.25, -0.2) is 19.2 Å². The summed E-state index contributed by atoms with van der Waals surface area (Å²) in [4.78, 5) is 70.9. The van der Waals surface area contributed by atoms with Crippen molar-refractivity contribution < 1.29 is 47.7 Å². The zero-order valence-corrected chi connectivity index (χ0v) is 20.1. The van der Waals surface area contributed by atoms with Gasteiger partial charge in [0.15, 0.2) is 5.78 Å². The minimum atomic E-state index is -1.05. The van der Waals surface area contributed by atoms with Gasteiger partial charge in [0, 0.05) is 0 Å². The number of hydrogen-bond acceptors (Lipinski definition) is 11. The molecule has 0 aromatic carbocycles. The molecule has 1 N–H and O–H groups in total. The number of carbonyl (C=O) groups is 6. The Balaban J connectivity index is 0.000000916. The molecule has 0 fully saturated rings. The van der Waals surface area contributed by atoms with Crippen molar-refractivity contribution in [1.29, 1.82) is 0 Å². The Kier molecular flexibility index (Phi) is 13.4. The first kappa shape index (κ1) is 30.2. The maximum Gasteiger partial charge on any atom is 0.417 e. The van der Waals surface area contributed by atoms with Crippen LogP contribution in [-0.4, -0.2) is 66.0 Å². The maximum absolute atomic E-state index is 11.9. The highest BCUT2D eigenvalue weighted by Gasteiger charge is 2.21. The highest BCUT2D eigenvalue weighted by molar-refractivity contribution is 6.38. The van der Waals surface area contributed by atoms with E-state index in [0.717, 1.165) is 0 Å². The van der Waals surface area contributed by atoms with E-state index in [4.69, 9.17) is 4.74 Å². The number of ketones is 2. The summed E-state index contributed by atoms with van der Waals surface area (Å²) in [6.07, 6.45) is -0.0164. The molecule has 0 unspecified atom stereocenters. The van der Waals surface area contributed by atoms with Gasteiger partial charge < -0.3 is 18.9 Å². The Morgan fingerprint density at radius 1 is 0.824 bits per heavy atom. The number of carbonyl (C=O) groups excluding carboxylic acids is 6. The Hall–Kier alpha value is -3.83. The van der Waals surface area contributed by atoms with Crippen LogP contribution in [-0.2, 0) is 38.1 Å². The number of nitrogens with zero attached hydrogens (tertiary/aromatic N) is 1. The molecule has 0 atom stereocenters.